The van der Waals surface area contributed by atoms with E-state index in [9.17, 15) is 19.5 Å². The van der Waals surface area contributed by atoms with Crippen LogP contribution in [-0.2, 0) is 19.1 Å². The number of nitrogens with zero attached hydrogens (tertiary/aromatic N) is 3. The zero-order valence-corrected chi connectivity index (χ0v) is 38.6. The van der Waals surface area contributed by atoms with E-state index in [0.717, 1.165) is 89.1 Å². The predicted molar refractivity (Wildman–Crippen MR) is 231 cm³/mol. The molecule has 9 nitrogen and oxygen atoms in total. The molecule has 10 heteroatoms. The Kier molecular flexibility index (Phi) is 14.3. The summed E-state index contributed by atoms with van der Waals surface area (Å²) in [5.74, 6) is 1.80. The van der Waals surface area contributed by atoms with E-state index in [1.165, 1.54) is 5.57 Å². The number of aliphatic hydroxyl groups excluding tert-OH is 2. The Labute approximate surface area is 355 Å². The highest BCUT2D eigenvalue weighted by Gasteiger charge is 2.67. The maximum absolute atomic E-state index is 14.3. The van der Waals surface area contributed by atoms with Crippen molar-refractivity contribution in [3.63, 3.8) is 0 Å². The molecular formula is C48H76ClN3O6. The number of pyridine rings is 1. The second-order valence-corrected chi connectivity index (χ2v) is 21.7. The topological polar surface area (TPSA) is 120 Å². The van der Waals surface area contributed by atoms with Crippen LogP contribution in [0.15, 0.2) is 29.5 Å². The first-order valence-corrected chi connectivity index (χ1v) is 22.6. The van der Waals surface area contributed by atoms with E-state index < -0.39 is 16.9 Å². The molecule has 10 atom stereocenters. The fourth-order valence-corrected chi connectivity index (χ4v) is 13.7. The third kappa shape index (κ3) is 8.52. The van der Waals surface area contributed by atoms with E-state index in [1.54, 1.807) is 20.0 Å². The van der Waals surface area contributed by atoms with Crippen molar-refractivity contribution in [2.75, 3.05) is 40.8 Å². The van der Waals surface area contributed by atoms with Gasteiger partial charge in [0.25, 0.3) is 0 Å². The van der Waals surface area contributed by atoms with E-state index in [2.05, 4.69) is 77.3 Å². The molecule has 6 rings (SSSR count). The molecule has 2 N–H and O–H groups in total. The van der Waals surface area contributed by atoms with Crippen molar-refractivity contribution in [2.45, 2.75) is 145 Å². The smallest absolute Gasteiger partial charge is 0.307 e. The van der Waals surface area contributed by atoms with Crippen LogP contribution in [0, 0.1) is 56.7 Å². The molecule has 5 aliphatic rings. The summed E-state index contributed by atoms with van der Waals surface area (Å²) in [6.45, 7) is 22.0. The van der Waals surface area contributed by atoms with E-state index in [1.807, 2.05) is 12.1 Å². The number of hydrogen-bond acceptors (Lipinski definition) is 9. The molecule has 58 heavy (non-hydrogen) atoms. The number of Topliss-reactive ketones (excluding diaryl/α,β-unsaturated/α-hetero) is 1. The summed E-state index contributed by atoms with van der Waals surface area (Å²) < 4.78 is 6.24. The maximum atomic E-state index is 14.3. The minimum atomic E-state index is -0.725. The Morgan fingerprint density at radius 2 is 1.66 bits per heavy atom. The maximum Gasteiger partial charge on any atom is 0.307 e. The molecule has 10 unspecified atom stereocenters. The van der Waals surface area contributed by atoms with E-state index in [0.29, 0.717) is 41.7 Å². The molecule has 0 saturated heterocycles. The van der Waals surface area contributed by atoms with Gasteiger partial charge in [-0.25, -0.2) is 0 Å². The van der Waals surface area contributed by atoms with Crippen LogP contribution in [0.1, 0.15) is 138 Å². The van der Waals surface area contributed by atoms with E-state index in [-0.39, 0.29) is 52.5 Å². The minimum absolute atomic E-state index is 0.0277. The molecule has 0 aromatic carbocycles. The van der Waals surface area contributed by atoms with Crippen LogP contribution < -0.4 is 0 Å². The van der Waals surface area contributed by atoms with Gasteiger partial charge in [-0.3, -0.25) is 19.5 Å². The molecule has 326 valence electrons. The normalized spacial score (nSPS) is 34.0. The first kappa shape index (κ1) is 46.9. The van der Waals surface area contributed by atoms with Gasteiger partial charge in [0, 0.05) is 61.6 Å². The summed E-state index contributed by atoms with van der Waals surface area (Å²) >= 11 is 6.22. The van der Waals surface area contributed by atoms with Gasteiger partial charge in [0.2, 0.25) is 0 Å². The van der Waals surface area contributed by atoms with Gasteiger partial charge in [0.05, 0.1) is 23.2 Å². The molecule has 0 amide bonds. The molecule has 5 aliphatic carbocycles. The minimum Gasteiger partial charge on any atom is -0.462 e. The lowest BCUT2D eigenvalue weighted by molar-refractivity contribution is -0.214. The summed E-state index contributed by atoms with van der Waals surface area (Å²) in [5, 5.41) is 20.3. The molecule has 4 fully saturated rings. The molecule has 4 saturated carbocycles. The number of rotatable bonds is 13. The van der Waals surface area contributed by atoms with Crippen molar-refractivity contribution >= 4 is 29.6 Å². The van der Waals surface area contributed by atoms with Gasteiger partial charge in [-0.15, -0.1) is 0 Å². The summed E-state index contributed by atoms with van der Waals surface area (Å²) in [4.78, 5) is 48.1. The molecule has 1 aromatic heterocycles. The van der Waals surface area contributed by atoms with Crippen LogP contribution in [0.5, 0.6) is 0 Å². The number of ketones is 1. The first-order valence-electron chi connectivity index (χ1n) is 22.2. The lowest BCUT2D eigenvalue weighted by atomic mass is 9.36. The Hall–Kier alpha value is -2.17. The Bertz CT molecular complexity index is 1670. The second kappa shape index (κ2) is 17.7. The van der Waals surface area contributed by atoms with Gasteiger partial charge < -0.3 is 24.6 Å². The summed E-state index contributed by atoms with van der Waals surface area (Å²) in [5.41, 5.74) is 2.02. The van der Waals surface area contributed by atoms with Crippen molar-refractivity contribution in [3.05, 3.63) is 40.2 Å². The highest BCUT2D eigenvalue weighted by molar-refractivity contribution is 6.30. The molecule has 0 spiro atoms. The van der Waals surface area contributed by atoms with Crippen LogP contribution in [0.2, 0.25) is 5.02 Å². The third-order valence-corrected chi connectivity index (χ3v) is 16.6. The number of likely N-dealkylation sites (N-methyl/N-ethyl adjacent to an activating group) is 1. The van der Waals surface area contributed by atoms with Crippen LogP contribution in [0.25, 0.3) is 0 Å². The number of aromatic nitrogens is 1. The van der Waals surface area contributed by atoms with E-state index in [4.69, 9.17) is 21.4 Å². The standard InChI is InChI=1S/C47H72ClN3O5.CH4O/c1-29(2)41-35(53)24-47(38(54)27-51(23-22-50(10)11)30(3)34-14-12-31(48)26-49-34)21-16-33-32(42(41)47)13-15-37-45(33,8)19-17-36-44(6,7)39(18-20-46(36,37)9)56-40(55)25-43(4,5)28-52;1-2/h12,14,26,28-30,32-33,36-39,54H,13,15-25,27H2,1-11H3;2H,1H3. The fraction of sp³-hybridized carbons (Fsp3) is 0.792. The number of carbonyl (C=O) groups is 3. The number of aliphatic hydroxyl groups is 2. The van der Waals surface area contributed by atoms with Gasteiger partial charge in [-0.1, -0.05) is 72.6 Å². The van der Waals surface area contributed by atoms with Gasteiger partial charge in [-0.2, -0.15) is 0 Å². The number of carbonyl (C=O) groups excluding carboxylic acids is 3. The van der Waals surface area contributed by atoms with Crippen molar-refractivity contribution in [2.24, 2.45) is 56.7 Å². The Morgan fingerprint density at radius 1 is 0.983 bits per heavy atom. The molecule has 1 heterocycles. The monoisotopic (exact) mass is 826 g/mol. The molecule has 0 aliphatic heterocycles. The molecule has 1 aromatic rings. The zero-order chi connectivity index (χ0) is 43.2. The Balaban J connectivity index is 0.00000315. The van der Waals surface area contributed by atoms with Gasteiger partial charge in [-0.05, 0) is 131 Å². The van der Waals surface area contributed by atoms with Crippen LogP contribution >= 0.6 is 11.6 Å². The quantitative estimate of drug-likeness (QED) is 0.149. The van der Waals surface area contributed by atoms with E-state index >= 15 is 0 Å². The van der Waals surface area contributed by atoms with Crippen molar-refractivity contribution < 1.29 is 29.3 Å². The Morgan fingerprint density at radius 3 is 2.26 bits per heavy atom. The molecule has 0 radical (unpaired) electrons. The number of halogens is 1. The van der Waals surface area contributed by atoms with Gasteiger partial charge in [0.1, 0.15) is 12.4 Å². The van der Waals surface area contributed by atoms with Crippen LogP contribution in [0.3, 0.4) is 0 Å². The largest absolute Gasteiger partial charge is 0.462 e. The third-order valence-electron chi connectivity index (χ3n) is 16.4. The highest BCUT2D eigenvalue weighted by atomic mass is 35.5. The summed E-state index contributed by atoms with van der Waals surface area (Å²) in [6, 6.07) is 3.84. The number of fused-ring (bicyclic) bond motifs is 7. The number of esters is 1. The van der Waals surface area contributed by atoms with Gasteiger partial charge in [0.15, 0.2) is 5.78 Å². The summed E-state index contributed by atoms with van der Waals surface area (Å²) in [6.07, 6.45) is 10.3. The molecular weight excluding hydrogens is 750 g/mol. The number of hydrogen-bond donors (Lipinski definition) is 2. The van der Waals surface area contributed by atoms with Crippen LogP contribution in [0.4, 0.5) is 0 Å². The zero-order valence-electron chi connectivity index (χ0n) is 37.9. The van der Waals surface area contributed by atoms with Crippen molar-refractivity contribution in [1.82, 2.24) is 14.8 Å². The second-order valence-electron chi connectivity index (χ2n) is 21.2. The average molecular weight is 827 g/mol. The first-order chi connectivity index (χ1) is 27.1. The fourth-order valence-electron chi connectivity index (χ4n) is 13.6. The number of allylic oxidation sites excluding steroid dienone is 1. The highest BCUT2D eigenvalue weighted by Crippen LogP contribution is 2.73. The lowest BCUT2D eigenvalue weighted by Gasteiger charge is -2.69. The number of aldehydes is 1. The SMILES string of the molecule is CC(C)C1=C2C3CCC4C(C)(CCC5C(C)(C)C(OC(=O)CC(C)(C)C=O)CCC54C)C3CCC2(C(O)CN(CCN(C)C)C(C)c2ccc(Cl)cn2)CC1=O.CO. The lowest BCUT2D eigenvalue weighted by Crippen LogP contribution is -2.63. The average Bonchev–Trinajstić information content (AvgIpc) is 3.48. The number of ether oxygens (including phenoxy) is 1. The van der Waals surface area contributed by atoms with Crippen LogP contribution in [-0.4, -0.2) is 96.1 Å². The summed E-state index contributed by atoms with van der Waals surface area (Å²) in [7, 11) is 5.16. The predicted octanol–water partition coefficient (Wildman–Crippen LogP) is 8.75. The van der Waals surface area contributed by atoms with Crippen molar-refractivity contribution in [1.29, 1.82) is 0 Å². The van der Waals surface area contributed by atoms with Crippen molar-refractivity contribution in [3.8, 4) is 0 Å². The van der Waals surface area contributed by atoms with Gasteiger partial charge >= 0.3 is 5.97 Å². The molecule has 0 bridgehead atoms.